The lowest BCUT2D eigenvalue weighted by atomic mass is 10.1. The van der Waals surface area contributed by atoms with Gasteiger partial charge in [-0.3, -0.25) is 0 Å². The second-order valence-electron chi connectivity index (χ2n) is 4.13. The first-order valence-corrected chi connectivity index (χ1v) is 5.57. The third-order valence-electron chi connectivity index (χ3n) is 2.80. The molecule has 1 rings (SSSR count). The molecule has 0 aromatic rings. The molecule has 0 radical (unpaired) electrons. The van der Waals surface area contributed by atoms with Gasteiger partial charge in [-0.25, -0.2) is 8.78 Å². The van der Waals surface area contributed by atoms with E-state index >= 15 is 0 Å². The molecule has 0 spiro atoms. The summed E-state index contributed by atoms with van der Waals surface area (Å²) in [7, 11) is 0. The topological polar surface area (TPSA) is 0 Å². The summed E-state index contributed by atoms with van der Waals surface area (Å²) < 4.78 is 26.2. The van der Waals surface area contributed by atoms with Crippen LogP contribution in [0.5, 0.6) is 0 Å². The van der Waals surface area contributed by atoms with Crippen LogP contribution in [0.2, 0.25) is 0 Å². The predicted molar refractivity (Wildman–Crippen MR) is 51.3 cm³/mol. The van der Waals surface area contributed by atoms with Crippen LogP contribution >= 0.6 is 0 Å². The van der Waals surface area contributed by atoms with Crippen molar-refractivity contribution in [3.63, 3.8) is 0 Å². The van der Waals surface area contributed by atoms with Gasteiger partial charge in [0.25, 0.3) is 0 Å². The molecule has 13 heavy (non-hydrogen) atoms. The van der Waals surface area contributed by atoms with E-state index in [9.17, 15) is 8.78 Å². The molecule has 1 aliphatic carbocycles. The Bertz CT molecular complexity index is 111. The van der Waals surface area contributed by atoms with Crippen molar-refractivity contribution in [1.82, 2.24) is 0 Å². The first-order chi connectivity index (χ1) is 6.29. The van der Waals surface area contributed by atoms with Gasteiger partial charge < -0.3 is 0 Å². The van der Waals surface area contributed by atoms with E-state index in [0.717, 1.165) is 25.7 Å². The van der Waals surface area contributed by atoms with Crippen molar-refractivity contribution in [1.29, 1.82) is 0 Å². The minimum absolute atomic E-state index is 0.139. The zero-order chi connectivity index (χ0) is 9.52. The lowest BCUT2D eigenvalue weighted by Crippen LogP contribution is -2.10. The van der Waals surface area contributed by atoms with Gasteiger partial charge in [-0.05, 0) is 12.8 Å². The largest absolute Gasteiger partial charge is 0.247 e. The number of alkyl halides is 2. The lowest BCUT2D eigenvalue weighted by Gasteiger charge is -2.10. The van der Waals surface area contributed by atoms with Crippen molar-refractivity contribution in [3.8, 4) is 0 Å². The molecular weight excluding hydrogens is 170 g/mol. The second kappa shape index (κ2) is 6.33. The van der Waals surface area contributed by atoms with Gasteiger partial charge >= 0.3 is 0 Å². The highest BCUT2D eigenvalue weighted by atomic mass is 19.1. The Labute approximate surface area is 79.7 Å². The van der Waals surface area contributed by atoms with Crippen LogP contribution in [0.25, 0.3) is 0 Å². The number of halogens is 2. The minimum Gasteiger partial charge on any atom is -0.247 e. The average molecular weight is 190 g/mol. The molecule has 78 valence electrons. The smallest absolute Gasteiger partial charge is 0.103 e. The number of hydrogen-bond acceptors (Lipinski definition) is 0. The van der Waals surface area contributed by atoms with Crippen molar-refractivity contribution >= 4 is 0 Å². The van der Waals surface area contributed by atoms with Crippen LogP contribution in [0.1, 0.15) is 57.8 Å². The van der Waals surface area contributed by atoms with Crippen LogP contribution in [-0.2, 0) is 0 Å². The third-order valence-corrected chi connectivity index (χ3v) is 2.80. The van der Waals surface area contributed by atoms with E-state index < -0.39 is 12.3 Å². The summed E-state index contributed by atoms with van der Waals surface area (Å²) in [5, 5.41) is 0. The molecule has 1 fully saturated rings. The summed E-state index contributed by atoms with van der Waals surface area (Å²) in [5.41, 5.74) is 0. The fraction of sp³-hybridized carbons (Fsp3) is 1.00. The normalized spacial score (nSPS) is 33.7. The third kappa shape index (κ3) is 5.22. The van der Waals surface area contributed by atoms with E-state index in [1.54, 1.807) is 0 Å². The first-order valence-electron chi connectivity index (χ1n) is 5.57. The molecular formula is C11H20F2. The zero-order valence-corrected chi connectivity index (χ0v) is 8.27. The molecule has 0 nitrogen and oxygen atoms in total. The van der Waals surface area contributed by atoms with E-state index in [-0.39, 0.29) is 6.42 Å². The van der Waals surface area contributed by atoms with Gasteiger partial charge in [0.2, 0.25) is 0 Å². The Morgan fingerprint density at radius 2 is 1.00 bits per heavy atom. The molecule has 0 amide bonds. The summed E-state index contributed by atoms with van der Waals surface area (Å²) in [4.78, 5) is 0. The zero-order valence-electron chi connectivity index (χ0n) is 8.27. The molecule has 0 aromatic carbocycles. The quantitative estimate of drug-likeness (QED) is 0.537. The van der Waals surface area contributed by atoms with Crippen molar-refractivity contribution in [2.45, 2.75) is 70.1 Å². The van der Waals surface area contributed by atoms with E-state index in [1.165, 1.54) is 12.8 Å². The van der Waals surface area contributed by atoms with Gasteiger partial charge in [0.15, 0.2) is 0 Å². The van der Waals surface area contributed by atoms with Gasteiger partial charge in [0, 0.05) is 6.42 Å². The van der Waals surface area contributed by atoms with Gasteiger partial charge in [0.1, 0.15) is 12.3 Å². The maximum Gasteiger partial charge on any atom is 0.103 e. The fourth-order valence-electron chi connectivity index (χ4n) is 1.95. The van der Waals surface area contributed by atoms with Crippen molar-refractivity contribution in [2.75, 3.05) is 0 Å². The van der Waals surface area contributed by atoms with Crippen LogP contribution in [0.15, 0.2) is 0 Å². The summed E-state index contributed by atoms with van der Waals surface area (Å²) >= 11 is 0. The maximum absolute atomic E-state index is 13.1. The van der Waals surface area contributed by atoms with Crippen LogP contribution in [0, 0.1) is 0 Å². The van der Waals surface area contributed by atoms with Crippen molar-refractivity contribution < 1.29 is 8.78 Å². The number of rotatable bonds is 0. The Balaban J connectivity index is 2.25. The first kappa shape index (κ1) is 10.9. The molecule has 0 heterocycles. The monoisotopic (exact) mass is 190 g/mol. The van der Waals surface area contributed by atoms with Gasteiger partial charge in [-0.2, -0.15) is 0 Å². The highest BCUT2D eigenvalue weighted by Crippen LogP contribution is 2.20. The van der Waals surface area contributed by atoms with Crippen molar-refractivity contribution in [3.05, 3.63) is 0 Å². The summed E-state index contributed by atoms with van der Waals surface area (Å²) in [6.45, 7) is 0. The van der Waals surface area contributed by atoms with E-state index in [4.69, 9.17) is 0 Å². The molecule has 1 saturated carbocycles. The molecule has 2 heteroatoms. The lowest BCUT2D eigenvalue weighted by molar-refractivity contribution is 0.198. The SMILES string of the molecule is FC1CCCCCCCCC(F)C1. The highest BCUT2D eigenvalue weighted by molar-refractivity contribution is 4.66. The standard InChI is InChI=1S/C11H20F2/c12-10-7-5-3-1-2-4-6-8-11(13)9-10/h10-11H,1-9H2. The second-order valence-corrected chi connectivity index (χ2v) is 4.13. The molecule has 0 bridgehead atoms. The Kier molecular flexibility index (Phi) is 5.33. The van der Waals surface area contributed by atoms with Crippen LogP contribution in [0.3, 0.4) is 0 Å². The van der Waals surface area contributed by atoms with Crippen LogP contribution in [0.4, 0.5) is 8.78 Å². The van der Waals surface area contributed by atoms with Crippen molar-refractivity contribution in [2.24, 2.45) is 0 Å². The molecule has 0 aliphatic heterocycles. The maximum atomic E-state index is 13.1. The fourth-order valence-corrected chi connectivity index (χ4v) is 1.95. The van der Waals surface area contributed by atoms with Gasteiger partial charge in [-0.1, -0.05) is 38.5 Å². The molecule has 1 aliphatic rings. The highest BCUT2D eigenvalue weighted by Gasteiger charge is 2.15. The Hall–Kier alpha value is -0.140. The Morgan fingerprint density at radius 3 is 1.46 bits per heavy atom. The molecule has 0 N–H and O–H groups in total. The Morgan fingerprint density at radius 1 is 0.615 bits per heavy atom. The minimum atomic E-state index is -0.895. The molecule has 0 aromatic heterocycles. The van der Waals surface area contributed by atoms with E-state index in [1.807, 2.05) is 0 Å². The summed E-state index contributed by atoms with van der Waals surface area (Å²) in [5.74, 6) is 0. The van der Waals surface area contributed by atoms with E-state index in [2.05, 4.69) is 0 Å². The average Bonchev–Trinajstić information content (AvgIpc) is 2.11. The predicted octanol–water partition coefficient (Wildman–Crippen LogP) is 4.19. The molecule has 2 unspecified atom stereocenters. The molecule has 0 saturated heterocycles. The van der Waals surface area contributed by atoms with Gasteiger partial charge in [0.05, 0.1) is 0 Å². The van der Waals surface area contributed by atoms with E-state index in [0.29, 0.717) is 12.8 Å². The summed E-state index contributed by atoms with van der Waals surface area (Å²) in [6.07, 6.45) is 6.01. The van der Waals surface area contributed by atoms with Crippen LogP contribution < -0.4 is 0 Å². The van der Waals surface area contributed by atoms with Crippen LogP contribution in [-0.4, -0.2) is 12.3 Å². The number of hydrogen-bond donors (Lipinski definition) is 0. The summed E-state index contributed by atoms with van der Waals surface area (Å²) in [6, 6.07) is 0. The van der Waals surface area contributed by atoms with Gasteiger partial charge in [-0.15, -0.1) is 0 Å². The molecule has 2 atom stereocenters.